The molecule has 3 heterocycles. The average molecular weight is 297 g/mol. The van der Waals surface area contributed by atoms with E-state index in [2.05, 4.69) is 15.1 Å². The van der Waals surface area contributed by atoms with Gasteiger partial charge in [0.15, 0.2) is 0 Å². The largest absolute Gasteiger partial charge is 0.433 e. The summed E-state index contributed by atoms with van der Waals surface area (Å²) in [5, 5.41) is 4.12. The number of rotatable bonds is 2. The summed E-state index contributed by atoms with van der Waals surface area (Å²) in [6.07, 6.45) is 2.04. The highest BCUT2D eigenvalue weighted by Gasteiger charge is 2.35. The van der Waals surface area contributed by atoms with Crippen molar-refractivity contribution in [3.05, 3.63) is 35.9 Å². The smallest absolute Gasteiger partial charge is 0.334 e. The number of halogens is 3. The van der Waals surface area contributed by atoms with Crippen molar-refractivity contribution in [3.63, 3.8) is 0 Å². The molecule has 5 nitrogen and oxygen atoms in total. The normalized spacial score (nSPS) is 19.2. The minimum atomic E-state index is -4.46. The molecule has 1 aliphatic heterocycles. The lowest BCUT2D eigenvalue weighted by molar-refractivity contribution is -0.141. The average Bonchev–Trinajstić information content (AvgIpc) is 3.06. The Balaban J connectivity index is 1.92. The lowest BCUT2D eigenvalue weighted by atomic mass is 10.1. The molecule has 1 aliphatic rings. The van der Waals surface area contributed by atoms with Crippen molar-refractivity contribution in [3.8, 4) is 0 Å². The number of hydrogen-bond donors (Lipinski definition) is 0. The Labute approximate surface area is 119 Å². The van der Waals surface area contributed by atoms with Crippen molar-refractivity contribution < 1.29 is 13.2 Å². The van der Waals surface area contributed by atoms with Crippen molar-refractivity contribution in [2.75, 3.05) is 11.4 Å². The molecular weight excluding hydrogens is 283 g/mol. The highest BCUT2D eigenvalue weighted by Crippen LogP contribution is 2.35. The lowest BCUT2D eigenvalue weighted by Crippen LogP contribution is -2.25. The molecule has 8 heteroatoms. The van der Waals surface area contributed by atoms with Gasteiger partial charge < -0.3 is 4.90 Å². The van der Waals surface area contributed by atoms with Crippen molar-refractivity contribution in [1.82, 2.24) is 19.7 Å². The Kier molecular flexibility index (Phi) is 3.30. The van der Waals surface area contributed by atoms with E-state index in [0.29, 0.717) is 6.54 Å². The molecule has 0 saturated carbocycles. The second kappa shape index (κ2) is 5.01. The number of anilines is 1. The molecule has 0 N–H and O–H groups in total. The second-order valence-corrected chi connectivity index (χ2v) is 5.04. The first-order chi connectivity index (χ1) is 9.95. The third kappa shape index (κ3) is 2.70. The molecule has 0 amide bonds. The Morgan fingerprint density at radius 1 is 1.33 bits per heavy atom. The maximum Gasteiger partial charge on any atom is 0.433 e. The van der Waals surface area contributed by atoms with E-state index in [1.54, 1.807) is 10.9 Å². The van der Waals surface area contributed by atoms with Crippen molar-refractivity contribution in [1.29, 1.82) is 0 Å². The van der Waals surface area contributed by atoms with E-state index >= 15 is 0 Å². The first-order valence-corrected chi connectivity index (χ1v) is 6.60. The molecule has 1 unspecified atom stereocenters. The molecule has 1 saturated heterocycles. The van der Waals surface area contributed by atoms with Crippen LogP contribution in [-0.2, 0) is 13.2 Å². The third-order valence-electron chi connectivity index (χ3n) is 3.55. The molecule has 0 bridgehead atoms. The van der Waals surface area contributed by atoms with Crippen LogP contribution >= 0.6 is 0 Å². The molecule has 112 valence electrons. The molecule has 0 aromatic carbocycles. The van der Waals surface area contributed by atoms with Crippen LogP contribution in [0.2, 0.25) is 0 Å². The monoisotopic (exact) mass is 297 g/mol. The van der Waals surface area contributed by atoms with Crippen LogP contribution in [0.3, 0.4) is 0 Å². The van der Waals surface area contributed by atoms with E-state index in [4.69, 9.17) is 0 Å². The summed E-state index contributed by atoms with van der Waals surface area (Å²) >= 11 is 0. The van der Waals surface area contributed by atoms with Crippen molar-refractivity contribution in [2.45, 2.75) is 25.1 Å². The van der Waals surface area contributed by atoms with Crippen LogP contribution in [0.25, 0.3) is 0 Å². The van der Waals surface area contributed by atoms with Crippen LogP contribution in [-0.4, -0.2) is 26.3 Å². The molecule has 1 atom stereocenters. The lowest BCUT2D eigenvalue weighted by Gasteiger charge is -2.24. The molecule has 0 radical (unpaired) electrons. The molecule has 1 fully saturated rings. The van der Waals surface area contributed by atoms with Gasteiger partial charge in [0.2, 0.25) is 5.95 Å². The van der Waals surface area contributed by atoms with Crippen LogP contribution in [0.5, 0.6) is 0 Å². The Morgan fingerprint density at radius 3 is 2.81 bits per heavy atom. The van der Waals surface area contributed by atoms with Gasteiger partial charge in [0.05, 0.1) is 12.2 Å². The quantitative estimate of drug-likeness (QED) is 0.854. The van der Waals surface area contributed by atoms with Crippen LogP contribution in [0.4, 0.5) is 19.1 Å². The van der Waals surface area contributed by atoms with Gasteiger partial charge in [-0.1, -0.05) is 0 Å². The molecule has 21 heavy (non-hydrogen) atoms. The highest BCUT2D eigenvalue weighted by molar-refractivity contribution is 5.38. The first-order valence-electron chi connectivity index (χ1n) is 6.60. The summed E-state index contributed by atoms with van der Waals surface area (Å²) in [5.41, 5.74) is 0.0559. The van der Waals surface area contributed by atoms with E-state index in [1.807, 2.05) is 18.1 Å². The number of aromatic nitrogens is 4. The number of hydrogen-bond acceptors (Lipinski definition) is 4. The third-order valence-corrected chi connectivity index (χ3v) is 3.55. The fourth-order valence-corrected chi connectivity index (χ4v) is 2.61. The molecule has 0 spiro atoms. The SMILES string of the molecule is Cn1cc(C2CCCN2c2nccc(C(F)(F)F)n2)cn1. The summed E-state index contributed by atoms with van der Waals surface area (Å²) in [4.78, 5) is 9.49. The van der Waals surface area contributed by atoms with Crippen molar-refractivity contribution >= 4 is 5.95 Å². The summed E-state index contributed by atoms with van der Waals surface area (Å²) in [6, 6.07) is 0.862. The van der Waals surface area contributed by atoms with Crippen LogP contribution < -0.4 is 4.90 Å². The van der Waals surface area contributed by atoms with Gasteiger partial charge >= 0.3 is 6.18 Å². The van der Waals surface area contributed by atoms with Crippen LogP contribution in [0, 0.1) is 0 Å². The van der Waals surface area contributed by atoms with E-state index in [0.717, 1.165) is 30.7 Å². The number of aryl methyl sites for hydroxylation is 1. The van der Waals surface area contributed by atoms with Crippen molar-refractivity contribution in [2.24, 2.45) is 7.05 Å². The second-order valence-electron chi connectivity index (χ2n) is 5.04. The van der Waals surface area contributed by atoms with E-state index in [-0.39, 0.29) is 12.0 Å². The highest BCUT2D eigenvalue weighted by atomic mass is 19.4. The molecule has 3 rings (SSSR count). The fourth-order valence-electron chi connectivity index (χ4n) is 2.61. The maximum atomic E-state index is 12.8. The van der Waals surface area contributed by atoms with Gasteiger partial charge in [-0.3, -0.25) is 4.68 Å². The Bertz CT molecular complexity index is 637. The zero-order chi connectivity index (χ0) is 15.0. The summed E-state index contributed by atoms with van der Waals surface area (Å²) in [7, 11) is 1.81. The van der Waals surface area contributed by atoms with E-state index in [1.165, 1.54) is 0 Å². The van der Waals surface area contributed by atoms with Gasteiger partial charge in [-0.15, -0.1) is 0 Å². The zero-order valence-electron chi connectivity index (χ0n) is 11.4. The standard InChI is InChI=1S/C13H14F3N5/c1-20-8-9(7-18-20)10-3-2-6-21(10)12-17-5-4-11(19-12)13(14,15)16/h4-5,7-8,10H,2-3,6H2,1H3. The van der Waals surface area contributed by atoms with Crippen LogP contribution in [0.1, 0.15) is 30.1 Å². The summed E-state index contributed by atoms with van der Waals surface area (Å²) < 4.78 is 39.9. The maximum absolute atomic E-state index is 12.8. The van der Waals surface area contributed by atoms with Gasteiger partial charge in [0, 0.05) is 31.5 Å². The number of nitrogens with zero attached hydrogens (tertiary/aromatic N) is 5. The molecule has 2 aromatic heterocycles. The molecular formula is C13H14F3N5. The summed E-state index contributed by atoms with van der Waals surface area (Å²) in [6.45, 7) is 0.640. The van der Waals surface area contributed by atoms with Crippen LogP contribution in [0.15, 0.2) is 24.7 Å². The minimum absolute atomic E-state index is 0.0258. The first kappa shape index (κ1) is 13.8. The minimum Gasteiger partial charge on any atom is -0.334 e. The zero-order valence-corrected chi connectivity index (χ0v) is 11.4. The fraction of sp³-hybridized carbons (Fsp3) is 0.462. The van der Waals surface area contributed by atoms with E-state index < -0.39 is 11.9 Å². The topological polar surface area (TPSA) is 46.8 Å². The number of alkyl halides is 3. The van der Waals surface area contributed by atoms with E-state index in [9.17, 15) is 13.2 Å². The Morgan fingerprint density at radius 2 is 2.14 bits per heavy atom. The van der Waals surface area contributed by atoms with Gasteiger partial charge in [0.25, 0.3) is 0 Å². The predicted molar refractivity (Wildman–Crippen MR) is 69.6 cm³/mol. The van der Waals surface area contributed by atoms with Gasteiger partial charge in [0.1, 0.15) is 5.69 Å². The predicted octanol–water partition coefficient (Wildman–Crippen LogP) is 2.57. The molecule has 0 aliphatic carbocycles. The Hall–Kier alpha value is -2.12. The van der Waals surface area contributed by atoms with Gasteiger partial charge in [-0.2, -0.15) is 18.3 Å². The molecule has 2 aromatic rings. The van der Waals surface area contributed by atoms with Gasteiger partial charge in [-0.05, 0) is 18.9 Å². The van der Waals surface area contributed by atoms with Gasteiger partial charge in [-0.25, -0.2) is 9.97 Å². The summed E-state index contributed by atoms with van der Waals surface area (Å²) in [5.74, 6) is 0.121.